The Morgan fingerprint density at radius 2 is 2.33 bits per heavy atom. The average molecular weight is 124 g/mol. The molecule has 3 unspecified atom stereocenters. The minimum atomic E-state index is -0.681. The predicted octanol–water partition coefficient (Wildman–Crippen LogP) is 0.122. The second-order valence-corrected chi connectivity index (χ2v) is 2.74. The standard InChI is InChI=1S/C7H8O2/c8-6-4-1-2-5(3-4)7(6)9/h1-2,4-6,8H,3H2. The molecular formula is C7H8O2. The van der Waals surface area contributed by atoms with Crippen molar-refractivity contribution in [3.05, 3.63) is 12.2 Å². The molecule has 48 valence electrons. The molecule has 0 aromatic heterocycles. The van der Waals surface area contributed by atoms with Gasteiger partial charge in [0.05, 0.1) is 0 Å². The summed E-state index contributed by atoms with van der Waals surface area (Å²) in [5, 5.41) is 9.09. The maximum absolute atomic E-state index is 10.9. The summed E-state index contributed by atoms with van der Waals surface area (Å²) in [5.41, 5.74) is 0. The molecule has 1 saturated carbocycles. The Labute approximate surface area is 53.2 Å². The summed E-state index contributed by atoms with van der Waals surface area (Å²) >= 11 is 0. The van der Waals surface area contributed by atoms with Gasteiger partial charge in [0.2, 0.25) is 0 Å². The van der Waals surface area contributed by atoms with Crippen LogP contribution in [-0.4, -0.2) is 17.0 Å². The first-order valence-corrected chi connectivity index (χ1v) is 3.19. The van der Waals surface area contributed by atoms with Crippen LogP contribution in [0.25, 0.3) is 0 Å². The third kappa shape index (κ3) is 0.512. The number of ketones is 1. The molecule has 0 amide bonds. The molecule has 9 heavy (non-hydrogen) atoms. The molecule has 0 spiro atoms. The van der Waals surface area contributed by atoms with Gasteiger partial charge in [0, 0.05) is 11.8 Å². The molecule has 0 saturated heterocycles. The first kappa shape index (κ1) is 5.18. The number of carbonyl (C=O) groups is 1. The van der Waals surface area contributed by atoms with Crippen LogP contribution in [0, 0.1) is 11.8 Å². The summed E-state index contributed by atoms with van der Waals surface area (Å²) in [6, 6.07) is 0. The largest absolute Gasteiger partial charge is 0.385 e. The number of hydrogen-bond acceptors (Lipinski definition) is 2. The quantitative estimate of drug-likeness (QED) is 0.466. The summed E-state index contributed by atoms with van der Waals surface area (Å²) in [4.78, 5) is 10.9. The Morgan fingerprint density at radius 3 is 2.67 bits per heavy atom. The van der Waals surface area contributed by atoms with E-state index >= 15 is 0 Å². The minimum absolute atomic E-state index is 0.0162. The second-order valence-electron chi connectivity index (χ2n) is 2.74. The van der Waals surface area contributed by atoms with Crippen molar-refractivity contribution in [3.63, 3.8) is 0 Å². The van der Waals surface area contributed by atoms with Crippen molar-refractivity contribution in [1.82, 2.24) is 0 Å². The van der Waals surface area contributed by atoms with Gasteiger partial charge in [-0.3, -0.25) is 4.79 Å². The summed E-state index contributed by atoms with van der Waals surface area (Å²) < 4.78 is 0. The first-order valence-electron chi connectivity index (χ1n) is 3.19. The fraction of sp³-hybridized carbons (Fsp3) is 0.571. The Bertz CT molecular complexity index is 183. The molecule has 0 heterocycles. The zero-order valence-electron chi connectivity index (χ0n) is 4.95. The van der Waals surface area contributed by atoms with E-state index in [0.29, 0.717) is 0 Å². The van der Waals surface area contributed by atoms with E-state index in [0.717, 1.165) is 6.42 Å². The van der Waals surface area contributed by atoms with Crippen LogP contribution >= 0.6 is 0 Å². The van der Waals surface area contributed by atoms with E-state index in [1.807, 2.05) is 12.2 Å². The van der Waals surface area contributed by atoms with Gasteiger partial charge >= 0.3 is 0 Å². The smallest absolute Gasteiger partial charge is 0.168 e. The SMILES string of the molecule is O=C1C2C=CC(C2)C1O. The van der Waals surface area contributed by atoms with Crippen LogP contribution in [0.3, 0.4) is 0 Å². The molecule has 0 aromatic rings. The molecule has 0 aliphatic heterocycles. The van der Waals surface area contributed by atoms with Crippen molar-refractivity contribution in [2.75, 3.05) is 0 Å². The van der Waals surface area contributed by atoms with Crippen LogP contribution in [0.15, 0.2) is 12.2 Å². The van der Waals surface area contributed by atoms with E-state index in [1.165, 1.54) is 0 Å². The van der Waals surface area contributed by atoms with E-state index < -0.39 is 6.10 Å². The van der Waals surface area contributed by atoms with Crippen LogP contribution in [0.4, 0.5) is 0 Å². The zero-order chi connectivity index (χ0) is 6.43. The Hall–Kier alpha value is -0.630. The number of aliphatic hydroxyl groups is 1. The van der Waals surface area contributed by atoms with Crippen molar-refractivity contribution in [1.29, 1.82) is 0 Å². The monoisotopic (exact) mass is 124 g/mol. The maximum atomic E-state index is 10.9. The van der Waals surface area contributed by atoms with Crippen LogP contribution in [-0.2, 0) is 4.79 Å². The number of Topliss-reactive ketones (excluding diaryl/α,β-unsaturated/α-hetero) is 1. The molecule has 2 aliphatic carbocycles. The number of carbonyl (C=O) groups excluding carboxylic acids is 1. The molecule has 3 atom stereocenters. The number of hydrogen-bond donors (Lipinski definition) is 1. The fourth-order valence-corrected chi connectivity index (χ4v) is 1.60. The molecule has 1 N–H and O–H groups in total. The van der Waals surface area contributed by atoms with E-state index in [2.05, 4.69) is 0 Å². The summed E-state index contributed by atoms with van der Waals surface area (Å²) in [6.45, 7) is 0. The van der Waals surface area contributed by atoms with Gasteiger partial charge in [-0.1, -0.05) is 12.2 Å². The van der Waals surface area contributed by atoms with Gasteiger partial charge in [-0.05, 0) is 6.42 Å². The highest BCUT2D eigenvalue weighted by molar-refractivity contribution is 5.90. The molecule has 1 fully saturated rings. The zero-order valence-corrected chi connectivity index (χ0v) is 4.95. The van der Waals surface area contributed by atoms with E-state index in [9.17, 15) is 4.79 Å². The molecule has 0 radical (unpaired) electrons. The normalized spacial score (nSPS) is 46.8. The van der Waals surface area contributed by atoms with Crippen LogP contribution in [0.2, 0.25) is 0 Å². The third-order valence-electron chi connectivity index (χ3n) is 2.18. The number of fused-ring (bicyclic) bond motifs is 2. The van der Waals surface area contributed by atoms with Crippen molar-refractivity contribution >= 4 is 5.78 Å². The highest BCUT2D eigenvalue weighted by Gasteiger charge is 2.42. The average Bonchev–Trinajstić information content (AvgIpc) is 2.37. The highest BCUT2D eigenvalue weighted by atomic mass is 16.3. The van der Waals surface area contributed by atoms with E-state index in [-0.39, 0.29) is 17.6 Å². The van der Waals surface area contributed by atoms with Gasteiger partial charge < -0.3 is 5.11 Å². The fourth-order valence-electron chi connectivity index (χ4n) is 1.60. The molecular weight excluding hydrogens is 116 g/mol. The van der Waals surface area contributed by atoms with Crippen molar-refractivity contribution in [2.24, 2.45) is 11.8 Å². The predicted molar refractivity (Wildman–Crippen MR) is 31.8 cm³/mol. The number of aliphatic hydroxyl groups excluding tert-OH is 1. The summed E-state index contributed by atoms with van der Waals surface area (Å²) in [6.07, 6.45) is 4.01. The van der Waals surface area contributed by atoms with Gasteiger partial charge in [-0.15, -0.1) is 0 Å². The lowest BCUT2D eigenvalue weighted by Gasteiger charge is -2.07. The summed E-state index contributed by atoms with van der Waals surface area (Å²) in [5.74, 6) is 0.204. The lowest BCUT2D eigenvalue weighted by atomic mass is 10.0. The summed E-state index contributed by atoms with van der Waals surface area (Å²) in [7, 11) is 0. The van der Waals surface area contributed by atoms with Crippen molar-refractivity contribution in [3.8, 4) is 0 Å². The molecule has 2 aliphatic rings. The van der Waals surface area contributed by atoms with E-state index in [1.54, 1.807) is 0 Å². The van der Waals surface area contributed by atoms with E-state index in [4.69, 9.17) is 5.11 Å². The van der Waals surface area contributed by atoms with Crippen molar-refractivity contribution in [2.45, 2.75) is 12.5 Å². The Kier molecular flexibility index (Phi) is 0.833. The second kappa shape index (κ2) is 1.45. The minimum Gasteiger partial charge on any atom is -0.385 e. The number of rotatable bonds is 0. The van der Waals surface area contributed by atoms with Crippen LogP contribution in [0.5, 0.6) is 0 Å². The van der Waals surface area contributed by atoms with Gasteiger partial charge in [0.15, 0.2) is 5.78 Å². The Balaban J connectivity index is 2.36. The highest BCUT2D eigenvalue weighted by Crippen LogP contribution is 2.35. The Morgan fingerprint density at radius 1 is 1.56 bits per heavy atom. The maximum Gasteiger partial charge on any atom is 0.168 e. The topological polar surface area (TPSA) is 37.3 Å². The first-order chi connectivity index (χ1) is 4.29. The van der Waals surface area contributed by atoms with Crippen LogP contribution < -0.4 is 0 Å². The molecule has 2 bridgehead atoms. The molecule has 2 nitrogen and oxygen atoms in total. The van der Waals surface area contributed by atoms with Gasteiger partial charge in [-0.2, -0.15) is 0 Å². The molecule has 2 rings (SSSR count). The van der Waals surface area contributed by atoms with Gasteiger partial charge in [0.1, 0.15) is 6.10 Å². The lowest BCUT2D eigenvalue weighted by Crippen LogP contribution is -2.23. The van der Waals surface area contributed by atoms with Crippen LogP contribution in [0.1, 0.15) is 6.42 Å². The lowest BCUT2D eigenvalue weighted by molar-refractivity contribution is -0.127. The number of allylic oxidation sites excluding steroid dienone is 1. The van der Waals surface area contributed by atoms with Gasteiger partial charge in [-0.25, -0.2) is 0 Å². The van der Waals surface area contributed by atoms with Gasteiger partial charge in [0.25, 0.3) is 0 Å². The molecule has 2 heteroatoms. The third-order valence-corrected chi connectivity index (χ3v) is 2.18. The molecule has 0 aromatic carbocycles. The van der Waals surface area contributed by atoms with Crippen molar-refractivity contribution < 1.29 is 9.90 Å².